The number of hydrogen-bond acceptors (Lipinski definition) is 3. The number of ether oxygens (including phenoxy) is 1. The number of carbonyl (C=O) groups is 1. The third-order valence-corrected chi connectivity index (χ3v) is 3.39. The van der Waals surface area contributed by atoms with Gasteiger partial charge in [-0.05, 0) is 13.0 Å². The Kier molecular flexibility index (Phi) is 3.52. The minimum absolute atomic E-state index is 0.0164. The summed E-state index contributed by atoms with van der Waals surface area (Å²) in [5.41, 5.74) is 0.943. The molecular weight excluding hydrogens is 228 g/mol. The predicted octanol–water partition coefficient (Wildman–Crippen LogP) is 1.92. The van der Waals surface area contributed by atoms with Crippen LogP contribution in [0.1, 0.15) is 24.8 Å². The summed E-state index contributed by atoms with van der Waals surface area (Å²) >= 11 is 0. The number of hydrogen-bond donors (Lipinski definition) is 0. The fourth-order valence-corrected chi connectivity index (χ4v) is 2.10. The number of fused-ring (bicyclic) bond motifs is 1. The third-order valence-electron chi connectivity index (χ3n) is 3.39. The molecule has 2 atom stereocenters. The first-order valence-corrected chi connectivity index (χ1v) is 6.00. The molecule has 4 nitrogen and oxygen atoms in total. The van der Waals surface area contributed by atoms with Crippen LogP contribution >= 0.6 is 0 Å². The molecule has 2 unspecified atom stereocenters. The summed E-state index contributed by atoms with van der Waals surface area (Å²) in [7, 11) is 1.74. The Bertz CT molecular complexity index is 493. The molecule has 1 aliphatic rings. The van der Waals surface area contributed by atoms with Gasteiger partial charge in [0.25, 0.3) is 0 Å². The van der Waals surface area contributed by atoms with Crippen LogP contribution in [-0.4, -0.2) is 30.5 Å². The molecule has 2 rings (SSSR count). The van der Waals surface area contributed by atoms with Gasteiger partial charge in [0, 0.05) is 18.7 Å². The van der Waals surface area contributed by atoms with Gasteiger partial charge in [0.1, 0.15) is 18.3 Å². The number of likely N-dealkylation sites (N-methyl/N-ethyl adjacent to an activating group) is 1. The second-order valence-electron chi connectivity index (χ2n) is 4.56. The summed E-state index contributed by atoms with van der Waals surface area (Å²) in [6.45, 7) is 2.27. The Labute approximate surface area is 107 Å². The monoisotopic (exact) mass is 244 g/mol. The molecule has 94 valence electrons. The molecule has 0 N–H and O–H groups in total. The van der Waals surface area contributed by atoms with Crippen molar-refractivity contribution in [3.63, 3.8) is 0 Å². The van der Waals surface area contributed by atoms with Crippen molar-refractivity contribution in [1.29, 1.82) is 5.26 Å². The lowest BCUT2D eigenvalue weighted by atomic mass is 9.99. The Morgan fingerprint density at radius 1 is 1.61 bits per heavy atom. The van der Waals surface area contributed by atoms with Crippen molar-refractivity contribution in [3.05, 3.63) is 29.8 Å². The van der Waals surface area contributed by atoms with Crippen LogP contribution in [0.2, 0.25) is 0 Å². The zero-order valence-corrected chi connectivity index (χ0v) is 10.6. The summed E-state index contributed by atoms with van der Waals surface area (Å²) in [6, 6.07) is 9.62. The molecule has 0 saturated heterocycles. The largest absolute Gasteiger partial charge is 0.492 e. The summed E-state index contributed by atoms with van der Waals surface area (Å²) in [6.07, 6.45) is 0.345. The van der Waals surface area contributed by atoms with Gasteiger partial charge in [0.2, 0.25) is 5.91 Å². The van der Waals surface area contributed by atoms with Crippen molar-refractivity contribution in [2.75, 3.05) is 13.7 Å². The highest BCUT2D eigenvalue weighted by atomic mass is 16.5. The smallest absolute Gasteiger partial charge is 0.233 e. The summed E-state index contributed by atoms with van der Waals surface area (Å²) in [5, 5.41) is 8.68. The van der Waals surface area contributed by atoms with E-state index < -0.39 is 0 Å². The SMILES string of the molecule is CC(CC#N)N(C)C(=O)C1COc2ccccc21. The van der Waals surface area contributed by atoms with E-state index in [1.54, 1.807) is 11.9 Å². The summed E-state index contributed by atoms with van der Waals surface area (Å²) < 4.78 is 5.51. The Morgan fingerprint density at radius 2 is 2.33 bits per heavy atom. The Hall–Kier alpha value is -2.02. The van der Waals surface area contributed by atoms with Crippen LogP contribution in [0.5, 0.6) is 5.75 Å². The molecule has 1 aliphatic heterocycles. The van der Waals surface area contributed by atoms with Crippen molar-refractivity contribution >= 4 is 5.91 Å². The predicted molar refractivity (Wildman–Crippen MR) is 67.1 cm³/mol. The van der Waals surface area contributed by atoms with Gasteiger partial charge < -0.3 is 9.64 Å². The van der Waals surface area contributed by atoms with Crippen molar-refractivity contribution in [1.82, 2.24) is 4.90 Å². The maximum Gasteiger partial charge on any atom is 0.233 e. The van der Waals surface area contributed by atoms with Crippen molar-refractivity contribution in [2.45, 2.75) is 25.3 Å². The number of rotatable bonds is 3. The molecule has 0 fully saturated rings. The standard InChI is InChI=1S/C14H16N2O2/c1-10(7-8-15)16(2)14(17)12-9-18-13-6-4-3-5-11(12)13/h3-6,10,12H,7,9H2,1-2H3. The molecule has 4 heteroatoms. The lowest BCUT2D eigenvalue weighted by Crippen LogP contribution is -2.38. The highest BCUT2D eigenvalue weighted by Crippen LogP contribution is 2.34. The zero-order valence-electron chi connectivity index (χ0n) is 10.6. The average molecular weight is 244 g/mol. The average Bonchev–Trinajstić information content (AvgIpc) is 2.81. The van der Waals surface area contributed by atoms with E-state index in [1.165, 1.54) is 0 Å². The van der Waals surface area contributed by atoms with Crippen LogP contribution in [0.15, 0.2) is 24.3 Å². The van der Waals surface area contributed by atoms with Crippen LogP contribution in [0.4, 0.5) is 0 Å². The number of carbonyl (C=O) groups excluding carboxylic acids is 1. The Morgan fingerprint density at radius 3 is 3.06 bits per heavy atom. The van der Waals surface area contributed by atoms with Crippen LogP contribution in [0.3, 0.4) is 0 Å². The molecule has 0 aromatic heterocycles. The van der Waals surface area contributed by atoms with E-state index >= 15 is 0 Å². The number of nitrogens with zero attached hydrogens (tertiary/aromatic N) is 2. The van der Waals surface area contributed by atoms with E-state index in [0.717, 1.165) is 11.3 Å². The number of amides is 1. The van der Waals surface area contributed by atoms with Crippen molar-refractivity contribution in [3.8, 4) is 11.8 Å². The minimum atomic E-state index is -0.243. The molecule has 0 aliphatic carbocycles. The minimum Gasteiger partial charge on any atom is -0.492 e. The fraction of sp³-hybridized carbons (Fsp3) is 0.429. The first-order chi connectivity index (χ1) is 8.65. The maximum atomic E-state index is 12.4. The number of para-hydroxylation sites is 1. The van der Waals surface area contributed by atoms with E-state index in [9.17, 15) is 4.79 Å². The first kappa shape index (κ1) is 12.4. The van der Waals surface area contributed by atoms with Gasteiger partial charge >= 0.3 is 0 Å². The van der Waals surface area contributed by atoms with Crippen molar-refractivity contribution < 1.29 is 9.53 Å². The Balaban J connectivity index is 2.14. The molecule has 1 aromatic rings. The quantitative estimate of drug-likeness (QED) is 0.816. The lowest BCUT2D eigenvalue weighted by molar-refractivity contribution is -0.133. The van der Waals surface area contributed by atoms with Gasteiger partial charge in [-0.25, -0.2) is 0 Å². The van der Waals surface area contributed by atoms with E-state index in [1.807, 2.05) is 31.2 Å². The van der Waals surface area contributed by atoms with Crippen LogP contribution in [-0.2, 0) is 4.79 Å². The van der Waals surface area contributed by atoms with Gasteiger partial charge in [-0.3, -0.25) is 4.79 Å². The molecule has 0 spiro atoms. The second kappa shape index (κ2) is 5.09. The second-order valence-corrected chi connectivity index (χ2v) is 4.56. The van der Waals surface area contributed by atoms with E-state index in [2.05, 4.69) is 6.07 Å². The zero-order chi connectivity index (χ0) is 13.1. The van der Waals surface area contributed by atoms with Crippen LogP contribution in [0.25, 0.3) is 0 Å². The number of nitriles is 1. The number of benzene rings is 1. The van der Waals surface area contributed by atoms with Gasteiger partial charge in [-0.1, -0.05) is 18.2 Å². The lowest BCUT2D eigenvalue weighted by Gasteiger charge is -2.25. The topological polar surface area (TPSA) is 53.3 Å². The molecule has 0 bridgehead atoms. The molecule has 1 amide bonds. The fourth-order valence-electron chi connectivity index (χ4n) is 2.10. The van der Waals surface area contributed by atoms with Crippen LogP contribution < -0.4 is 4.74 Å². The van der Waals surface area contributed by atoms with E-state index in [-0.39, 0.29) is 17.9 Å². The molecule has 0 radical (unpaired) electrons. The molecule has 0 saturated carbocycles. The normalized spacial score (nSPS) is 18.4. The summed E-state index contributed by atoms with van der Waals surface area (Å²) in [4.78, 5) is 14.0. The highest BCUT2D eigenvalue weighted by molar-refractivity contribution is 5.85. The molecule has 1 heterocycles. The third kappa shape index (κ3) is 2.17. The van der Waals surface area contributed by atoms with E-state index in [0.29, 0.717) is 13.0 Å². The first-order valence-electron chi connectivity index (χ1n) is 6.00. The summed E-state index contributed by atoms with van der Waals surface area (Å²) in [5.74, 6) is 0.562. The van der Waals surface area contributed by atoms with E-state index in [4.69, 9.17) is 10.00 Å². The van der Waals surface area contributed by atoms with Crippen LogP contribution in [0, 0.1) is 11.3 Å². The molecular formula is C14H16N2O2. The van der Waals surface area contributed by atoms with Gasteiger partial charge in [0.05, 0.1) is 12.5 Å². The van der Waals surface area contributed by atoms with Gasteiger partial charge in [-0.15, -0.1) is 0 Å². The van der Waals surface area contributed by atoms with Gasteiger partial charge in [-0.2, -0.15) is 5.26 Å². The van der Waals surface area contributed by atoms with Gasteiger partial charge in [0.15, 0.2) is 0 Å². The maximum absolute atomic E-state index is 12.4. The molecule has 1 aromatic carbocycles. The molecule has 18 heavy (non-hydrogen) atoms. The highest BCUT2D eigenvalue weighted by Gasteiger charge is 2.33. The van der Waals surface area contributed by atoms with Crippen molar-refractivity contribution in [2.24, 2.45) is 0 Å².